The van der Waals surface area contributed by atoms with E-state index in [0.717, 1.165) is 12.8 Å². The third-order valence-electron chi connectivity index (χ3n) is 3.92. The molecule has 2 amide bonds. The maximum atomic E-state index is 12.1. The van der Waals surface area contributed by atoms with Crippen LogP contribution in [0.3, 0.4) is 0 Å². The van der Waals surface area contributed by atoms with E-state index >= 15 is 0 Å². The summed E-state index contributed by atoms with van der Waals surface area (Å²) in [6.45, 7) is 4.61. The summed E-state index contributed by atoms with van der Waals surface area (Å²) in [5.74, 6) is 0.0343. The van der Waals surface area contributed by atoms with Crippen molar-refractivity contribution in [1.82, 2.24) is 4.90 Å². The molecular weight excluding hydrogens is 206 g/mol. The van der Waals surface area contributed by atoms with Crippen LogP contribution in [0.2, 0.25) is 0 Å². The highest BCUT2D eigenvalue weighted by Crippen LogP contribution is 2.48. The van der Waals surface area contributed by atoms with Crippen LogP contribution in [0, 0.1) is 17.8 Å². The van der Waals surface area contributed by atoms with Gasteiger partial charge in [-0.3, -0.25) is 14.5 Å². The fraction of sp³-hybridized carbons (Fsp3) is 0.833. The average Bonchev–Trinajstić information content (AvgIpc) is 2.87. The quantitative estimate of drug-likeness (QED) is 0.651. The molecule has 4 atom stereocenters. The van der Waals surface area contributed by atoms with Crippen molar-refractivity contribution in [3.05, 3.63) is 0 Å². The van der Waals surface area contributed by atoms with Crippen LogP contribution in [0.1, 0.15) is 26.7 Å². The van der Waals surface area contributed by atoms with E-state index in [1.54, 1.807) is 0 Å². The molecular formula is C12H17NO3. The highest BCUT2D eigenvalue weighted by atomic mass is 16.5. The molecule has 0 spiro atoms. The lowest BCUT2D eigenvalue weighted by atomic mass is 9.81. The standard InChI is InChI=1S/C12H17NO3/c1-6(2)5-13-11(14)9-7-3-4-8(16-7)10(9)12(13)15/h6-10H,3-5H2,1-2H3/t7-,8+,9-,10+. The van der Waals surface area contributed by atoms with Gasteiger partial charge < -0.3 is 4.74 Å². The summed E-state index contributed by atoms with van der Waals surface area (Å²) in [5, 5.41) is 0. The summed E-state index contributed by atoms with van der Waals surface area (Å²) >= 11 is 0. The van der Waals surface area contributed by atoms with Gasteiger partial charge >= 0.3 is 0 Å². The smallest absolute Gasteiger partial charge is 0.235 e. The van der Waals surface area contributed by atoms with Gasteiger partial charge in [-0.05, 0) is 18.8 Å². The Morgan fingerprint density at radius 3 is 2.12 bits per heavy atom. The Morgan fingerprint density at radius 1 is 1.19 bits per heavy atom. The highest BCUT2D eigenvalue weighted by Gasteiger charge is 2.62. The molecule has 3 aliphatic rings. The van der Waals surface area contributed by atoms with Crippen LogP contribution < -0.4 is 0 Å². The van der Waals surface area contributed by atoms with Gasteiger partial charge in [-0.1, -0.05) is 13.8 Å². The molecule has 2 bridgehead atoms. The molecule has 4 nitrogen and oxygen atoms in total. The molecule has 16 heavy (non-hydrogen) atoms. The fourth-order valence-electron chi connectivity index (χ4n) is 3.32. The Balaban J connectivity index is 1.86. The van der Waals surface area contributed by atoms with Gasteiger partial charge in [0.15, 0.2) is 0 Å². The lowest BCUT2D eigenvalue weighted by molar-refractivity contribution is -0.143. The summed E-state index contributed by atoms with van der Waals surface area (Å²) in [6, 6.07) is 0. The van der Waals surface area contributed by atoms with Crippen molar-refractivity contribution in [3.63, 3.8) is 0 Å². The summed E-state index contributed by atoms with van der Waals surface area (Å²) in [4.78, 5) is 25.8. The Morgan fingerprint density at radius 2 is 1.69 bits per heavy atom. The molecule has 3 rings (SSSR count). The first kappa shape index (κ1) is 10.3. The number of hydrogen-bond acceptors (Lipinski definition) is 3. The number of fused-ring (bicyclic) bond motifs is 5. The molecule has 3 aliphatic heterocycles. The average molecular weight is 223 g/mol. The number of nitrogens with zero attached hydrogens (tertiary/aromatic N) is 1. The zero-order valence-electron chi connectivity index (χ0n) is 9.68. The maximum absolute atomic E-state index is 12.1. The second-order valence-corrected chi connectivity index (χ2v) is 5.52. The Bertz CT molecular complexity index is 324. The van der Waals surface area contributed by atoms with Crippen LogP contribution in [0.5, 0.6) is 0 Å². The minimum Gasteiger partial charge on any atom is -0.373 e. The fourth-order valence-corrected chi connectivity index (χ4v) is 3.32. The highest BCUT2D eigenvalue weighted by molar-refractivity contribution is 6.06. The molecule has 0 N–H and O–H groups in total. The van der Waals surface area contributed by atoms with E-state index in [1.165, 1.54) is 4.90 Å². The molecule has 0 aromatic rings. The van der Waals surface area contributed by atoms with Crippen LogP contribution in [-0.2, 0) is 14.3 Å². The Kier molecular flexibility index (Phi) is 2.11. The number of rotatable bonds is 2. The SMILES string of the molecule is CC(C)CN1C(=O)[C@@H]2[C@H](C1=O)[C@H]1CC[C@@H]2O1. The molecule has 3 fully saturated rings. The van der Waals surface area contributed by atoms with Crippen molar-refractivity contribution < 1.29 is 14.3 Å². The van der Waals surface area contributed by atoms with Gasteiger partial charge in [-0.25, -0.2) is 0 Å². The van der Waals surface area contributed by atoms with E-state index in [9.17, 15) is 9.59 Å². The number of imide groups is 1. The zero-order chi connectivity index (χ0) is 11.4. The first-order chi connectivity index (χ1) is 7.59. The molecule has 0 aromatic heterocycles. The van der Waals surface area contributed by atoms with Crippen LogP contribution >= 0.6 is 0 Å². The van der Waals surface area contributed by atoms with Gasteiger partial charge in [-0.15, -0.1) is 0 Å². The normalized spacial score (nSPS) is 41.3. The Hall–Kier alpha value is -0.900. The predicted molar refractivity (Wildman–Crippen MR) is 56.4 cm³/mol. The number of likely N-dealkylation sites (tertiary alicyclic amines) is 1. The minimum atomic E-state index is -0.162. The molecule has 0 aromatic carbocycles. The summed E-state index contributed by atoms with van der Waals surface area (Å²) in [5.41, 5.74) is 0. The van der Waals surface area contributed by atoms with Gasteiger partial charge in [-0.2, -0.15) is 0 Å². The lowest BCUT2D eigenvalue weighted by Gasteiger charge is -2.19. The first-order valence-electron chi connectivity index (χ1n) is 6.10. The summed E-state index contributed by atoms with van der Waals surface area (Å²) < 4.78 is 5.67. The van der Waals surface area contributed by atoms with E-state index in [-0.39, 0.29) is 35.9 Å². The first-order valence-corrected chi connectivity index (χ1v) is 6.10. The molecule has 0 unspecified atom stereocenters. The van der Waals surface area contributed by atoms with E-state index in [4.69, 9.17) is 4.74 Å². The monoisotopic (exact) mass is 223 g/mol. The third kappa shape index (κ3) is 1.19. The number of carbonyl (C=O) groups excluding carboxylic acids is 2. The van der Waals surface area contributed by atoms with Crippen molar-refractivity contribution in [2.45, 2.75) is 38.9 Å². The van der Waals surface area contributed by atoms with Crippen LogP contribution in [-0.4, -0.2) is 35.5 Å². The molecule has 3 heterocycles. The Labute approximate surface area is 94.9 Å². The molecule has 0 saturated carbocycles. The van der Waals surface area contributed by atoms with Gasteiger partial charge in [0.1, 0.15) is 0 Å². The van der Waals surface area contributed by atoms with Gasteiger partial charge in [0, 0.05) is 6.54 Å². The molecule has 4 heteroatoms. The number of amides is 2. The van der Waals surface area contributed by atoms with Gasteiger partial charge in [0.2, 0.25) is 11.8 Å². The van der Waals surface area contributed by atoms with Crippen LogP contribution in [0.25, 0.3) is 0 Å². The van der Waals surface area contributed by atoms with Crippen molar-refractivity contribution in [2.24, 2.45) is 17.8 Å². The molecule has 0 aliphatic carbocycles. The van der Waals surface area contributed by atoms with Gasteiger partial charge in [0.25, 0.3) is 0 Å². The van der Waals surface area contributed by atoms with Gasteiger partial charge in [0.05, 0.1) is 24.0 Å². The second-order valence-electron chi connectivity index (χ2n) is 5.52. The van der Waals surface area contributed by atoms with E-state index in [0.29, 0.717) is 12.5 Å². The molecule has 88 valence electrons. The van der Waals surface area contributed by atoms with Crippen LogP contribution in [0.4, 0.5) is 0 Å². The maximum Gasteiger partial charge on any atom is 0.235 e. The van der Waals surface area contributed by atoms with Crippen molar-refractivity contribution in [2.75, 3.05) is 6.54 Å². The van der Waals surface area contributed by atoms with Crippen LogP contribution in [0.15, 0.2) is 0 Å². The van der Waals surface area contributed by atoms with Crippen molar-refractivity contribution in [3.8, 4) is 0 Å². The number of ether oxygens (including phenoxy) is 1. The van der Waals surface area contributed by atoms with Crippen molar-refractivity contribution in [1.29, 1.82) is 0 Å². The third-order valence-corrected chi connectivity index (χ3v) is 3.92. The summed E-state index contributed by atoms with van der Waals surface area (Å²) in [7, 11) is 0. The minimum absolute atomic E-state index is 0.0101. The van der Waals surface area contributed by atoms with E-state index < -0.39 is 0 Å². The summed E-state index contributed by atoms with van der Waals surface area (Å²) in [6.07, 6.45) is 1.92. The second kappa shape index (κ2) is 3.29. The topological polar surface area (TPSA) is 46.6 Å². The van der Waals surface area contributed by atoms with E-state index in [2.05, 4.69) is 0 Å². The predicted octanol–water partition coefficient (Wildman–Crippen LogP) is 0.805. The molecule has 0 radical (unpaired) electrons. The lowest BCUT2D eigenvalue weighted by Crippen LogP contribution is -2.36. The number of carbonyl (C=O) groups is 2. The number of hydrogen-bond donors (Lipinski definition) is 0. The molecule has 3 saturated heterocycles. The zero-order valence-corrected chi connectivity index (χ0v) is 9.68. The van der Waals surface area contributed by atoms with Crippen molar-refractivity contribution >= 4 is 11.8 Å². The van der Waals surface area contributed by atoms with E-state index in [1.807, 2.05) is 13.8 Å². The largest absolute Gasteiger partial charge is 0.373 e.